The zero-order valence-electron chi connectivity index (χ0n) is 16.5. The molecule has 0 N–H and O–H groups in total. The van der Waals surface area contributed by atoms with Gasteiger partial charge in [0, 0.05) is 30.7 Å². The Bertz CT molecular complexity index is 1210. The number of rotatable bonds is 4. The second-order valence-corrected chi connectivity index (χ2v) is 9.63. The number of nitrogens with zero attached hydrogens (tertiary/aromatic N) is 2. The van der Waals surface area contributed by atoms with Crippen LogP contribution in [-0.4, -0.2) is 32.8 Å². The molecule has 0 aliphatic carbocycles. The van der Waals surface area contributed by atoms with Crippen molar-refractivity contribution in [1.82, 2.24) is 4.90 Å². The maximum absolute atomic E-state index is 13.1. The molecule has 30 heavy (non-hydrogen) atoms. The number of carbonyl (C=O) groups excluding carboxylic acids is 1. The molecule has 1 aliphatic heterocycles. The van der Waals surface area contributed by atoms with Crippen LogP contribution in [0.5, 0.6) is 0 Å². The summed E-state index contributed by atoms with van der Waals surface area (Å²) in [6.07, 6.45) is 0.789. The Labute approximate surface area is 181 Å². The summed E-state index contributed by atoms with van der Waals surface area (Å²) in [5.41, 5.74) is 3.18. The normalized spacial score (nSPS) is 13.6. The van der Waals surface area contributed by atoms with Gasteiger partial charge in [-0.15, -0.1) is 0 Å². The summed E-state index contributed by atoms with van der Waals surface area (Å²) in [6.45, 7) is 1.13. The lowest BCUT2D eigenvalue weighted by Crippen LogP contribution is -2.36. The number of carbonyl (C=O) groups is 1. The van der Waals surface area contributed by atoms with E-state index in [1.807, 2.05) is 18.2 Å². The molecule has 3 aromatic rings. The van der Waals surface area contributed by atoms with Crippen molar-refractivity contribution < 1.29 is 13.2 Å². The van der Waals surface area contributed by atoms with Gasteiger partial charge in [-0.3, -0.25) is 9.10 Å². The summed E-state index contributed by atoms with van der Waals surface area (Å²) >= 11 is 6.00. The fourth-order valence-corrected chi connectivity index (χ4v) is 5.03. The fraction of sp³-hybridized carbons (Fsp3) is 0.174. The standard InChI is InChI=1S/C23H21ClN2O3S/c1-25(21-10-5-9-20(24)15-21)30(28,29)22-11-4-8-18(14-22)23(27)26-13-12-17-6-2-3-7-19(17)16-26/h2-11,14-15H,12-13,16H2,1H3. The van der Waals surface area contributed by atoms with E-state index in [2.05, 4.69) is 6.07 Å². The lowest BCUT2D eigenvalue weighted by atomic mass is 9.99. The highest BCUT2D eigenvalue weighted by atomic mass is 35.5. The maximum Gasteiger partial charge on any atom is 0.264 e. The first kappa shape index (κ1) is 20.4. The molecule has 7 heteroatoms. The smallest absolute Gasteiger partial charge is 0.264 e. The number of hydrogen-bond donors (Lipinski definition) is 0. The van der Waals surface area contributed by atoms with E-state index in [4.69, 9.17) is 11.6 Å². The van der Waals surface area contributed by atoms with Crippen molar-refractivity contribution in [3.8, 4) is 0 Å². The molecule has 1 aliphatic rings. The van der Waals surface area contributed by atoms with E-state index in [1.54, 1.807) is 41.3 Å². The van der Waals surface area contributed by atoms with Gasteiger partial charge in [-0.05, 0) is 53.9 Å². The number of sulfonamides is 1. The summed E-state index contributed by atoms with van der Waals surface area (Å²) in [5, 5.41) is 0.448. The Kier molecular flexibility index (Phi) is 5.54. The van der Waals surface area contributed by atoms with Crippen molar-refractivity contribution in [2.75, 3.05) is 17.9 Å². The summed E-state index contributed by atoms with van der Waals surface area (Å²) in [5.74, 6) is -0.174. The van der Waals surface area contributed by atoms with Crippen LogP contribution in [0.2, 0.25) is 5.02 Å². The molecule has 1 amide bonds. The van der Waals surface area contributed by atoms with Crippen LogP contribution in [0, 0.1) is 0 Å². The minimum atomic E-state index is -3.84. The van der Waals surface area contributed by atoms with Crippen molar-refractivity contribution in [2.45, 2.75) is 17.9 Å². The van der Waals surface area contributed by atoms with Crippen molar-refractivity contribution in [1.29, 1.82) is 0 Å². The van der Waals surface area contributed by atoms with Crippen LogP contribution in [0.3, 0.4) is 0 Å². The van der Waals surface area contributed by atoms with Crippen LogP contribution in [-0.2, 0) is 23.0 Å². The first-order valence-electron chi connectivity index (χ1n) is 9.57. The maximum atomic E-state index is 13.1. The minimum Gasteiger partial charge on any atom is -0.334 e. The van der Waals surface area contributed by atoms with Gasteiger partial charge in [0.2, 0.25) is 0 Å². The molecular weight excluding hydrogens is 420 g/mol. The van der Waals surface area contributed by atoms with Crippen molar-refractivity contribution in [3.05, 3.63) is 94.5 Å². The van der Waals surface area contributed by atoms with Gasteiger partial charge < -0.3 is 4.90 Å². The van der Waals surface area contributed by atoms with E-state index in [9.17, 15) is 13.2 Å². The predicted molar refractivity (Wildman–Crippen MR) is 118 cm³/mol. The summed E-state index contributed by atoms with van der Waals surface area (Å²) in [4.78, 5) is 14.9. The Hall–Kier alpha value is -2.83. The van der Waals surface area contributed by atoms with E-state index in [-0.39, 0.29) is 10.8 Å². The van der Waals surface area contributed by atoms with Gasteiger partial charge in [-0.1, -0.05) is 48.0 Å². The largest absolute Gasteiger partial charge is 0.334 e. The molecule has 0 atom stereocenters. The van der Waals surface area contributed by atoms with E-state index in [0.717, 1.165) is 12.0 Å². The molecule has 0 bridgehead atoms. The molecule has 0 fully saturated rings. The third kappa shape index (κ3) is 3.93. The third-order valence-electron chi connectivity index (χ3n) is 5.33. The summed E-state index contributed by atoms with van der Waals surface area (Å²) in [6, 6.07) is 20.9. The summed E-state index contributed by atoms with van der Waals surface area (Å²) in [7, 11) is -2.37. The number of fused-ring (bicyclic) bond motifs is 1. The van der Waals surface area contributed by atoms with Gasteiger partial charge in [0.15, 0.2) is 0 Å². The SMILES string of the molecule is CN(c1cccc(Cl)c1)S(=O)(=O)c1cccc(C(=O)N2CCc3ccccc3C2)c1. The average molecular weight is 441 g/mol. The van der Waals surface area contributed by atoms with Crippen LogP contribution < -0.4 is 4.31 Å². The summed E-state index contributed by atoms with van der Waals surface area (Å²) < 4.78 is 27.4. The number of amides is 1. The second-order valence-electron chi connectivity index (χ2n) is 7.23. The predicted octanol–water partition coefficient (Wildman–Crippen LogP) is 4.36. The molecule has 0 unspecified atom stereocenters. The van der Waals surface area contributed by atoms with Gasteiger partial charge in [-0.2, -0.15) is 0 Å². The van der Waals surface area contributed by atoms with Crippen LogP contribution >= 0.6 is 11.6 Å². The van der Waals surface area contributed by atoms with E-state index in [1.165, 1.54) is 29.0 Å². The molecule has 0 saturated carbocycles. The lowest BCUT2D eigenvalue weighted by Gasteiger charge is -2.29. The first-order chi connectivity index (χ1) is 14.4. The molecule has 0 saturated heterocycles. The van der Waals surface area contributed by atoms with Gasteiger partial charge in [0.05, 0.1) is 10.6 Å². The molecule has 5 nitrogen and oxygen atoms in total. The minimum absolute atomic E-state index is 0.0632. The van der Waals surface area contributed by atoms with E-state index >= 15 is 0 Å². The molecule has 0 aromatic heterocycles. The zero-order valence-corrected chi connectivity index (χ0v) is 18.0. The fourth-order valence-electron chi connectivity index (χ4n) is 3.61. The number of halogens is 1. The number of anilines is 1. The Morgan fingerprint density at radius 3 is 2.47 bits per heavy atom. The lowest BCUT2D eigenvalue weighted by molar-refractivity contribution is 0.0734. The van der Waals surface area contributed by atoms with Gasteiger partial charge in [0.1, 0.15) is 0 Å². The quantitative estimate of drug-likeness (QED) is 0.605. The highest BCUT2D eigenvalue weighted by molar-refractivity contribution is 7.92. The van der Waals surface area contributed by atoms with Crippen LogP contribution in [0.1, 0.15) is 21.5 Å². The van der Waals surface area contributed by atoms with Crippen LogP contribution in [0.4, 0.5) is 5.69 Å². The molecule has 0 spiro atoms. The van der Waals surface area contributed by atoms with Gasteiger partial charge in [-0.25, -0.2) is 8.42 Å². The van der Waals surface area contributed by atoms with Crippen molar-refractivity contribution >= 4 is 33.2 Å². The topological polar surface area (TPSA) is 57.7 Å². The Morgan fingerprint density at radius 2 is 1.70 bits per heavy atom. The molecule has 3 aromatic carbocycles. The van der Waals surface area contributed by atoms with Gasteiger partial charge >= 0.3 is 0 Å². The first-order valence-corrected chi connectivity index (χ1v) is 11.4. The monoisotopic (exact) mass is 440 g/mol. The van der Waals surface area contributed by atoms with Crippen LogP contribution in [0.15, 0.2) is 77.7 Å². The van der Waals surface area contributed by atoms with E-state index in [0.29, 0.717) is 29.4 Å². The van der Waals surface area contributed by atoms with Crippen molar-refractivity contribution in [2.24, 2.45) is 0 Å². The molecular formula is C23H21ClN2O3S. The molecule has 4 rings (SSSR count). The third-order valence-corrected chi connectivity index (χ3v) is 7.35. The van der Waals surface area contributed by atoms with Crippen molar-refractivity contribution in [3.63, 3.8) is 0 Å². The molecule has 1 heterocycles. The second kappa shape index (κ2) is 8.13. The Morgan fingerprint density at radius 1 is 0.967 bits per heavy atom. The highest BCUT2D eigenvalue weighted by Crippen LogP contribution is 2.26. The molecule has 154 valence electrons. The number of hydrogen-bond acceptors (Lipinski definition) is 3. The van der Waals surface area contributed by atoms with Gasteiger partial charge in [0.25, 0.3) is 15.9 Å². The van der Waals surface area contributed by atoms with E-state index < -0.39 is 10.0 Å². The average Bonchev–Trinajstić information content (AvgIpc) is 2.77. The highest BCUT2D eigenvalue weighted by Gasteiger charge is 2.25. The van der Waals surface area contributed by atoms with Crippen LogP contribution in [0.25, 0.3) is 0 Å². The Balaban J connectivity index is 1.60. The molecule has 0 radical (unpaired) electrons. The number of benzene rings is 3. The zero-order chi connectivity index (χ0) is 21.3.